The minimum Gasteiger partial charge on any atom is -0.309 e. The van der Waals surface area contributed by atoms with Crippen molar-refractivity contribution in [2.45, 2.75) is 0 Å². The van der Waals surface area contributed by atoms with Gasteiger partial charge < -0.3 is 4.57 Å². The largest absolute Gasteiger partial charge is 0.309 e. The topological polar surface area (TPSA) is 17.3 Å². The number of fused-ring (bicyclic) bond motifs is 1. The second kappa shape index (κ2) is 9.80. The predicted octanol–water partition coefficient (Wildman–Crippen LogP) is 9.48. The molecule has 0 unspecified atom stereocenters. The first-order chi connectivity index (χ1) is 17.8. The number of halogens is 1. The number of hydrogen-bond donors (Lipinski definition) is 0. The van der Waals surface area contributed by atoms with Crippen LogP contribution in [0, 0.1) is 0 Å². The Labute approximate surface area is 219 Å². The molecule has 0 N–H and O–H groups in total. The summed E-state index contributed by atoms with van der Waals surface area (Å²) in [5.41, 5.74) is 7.66. The first-order valence-electron chi connectivity index (χ1n) is 11.9. The predicted molar refractivity (Wildman–Crippen MR) is 156 cm³/mol. The number of benzene rings is 5. The van der Waals surface area contributed by atoms with Crippen LogP contribution in [0.1, 0.15) is 5.56 Å². The Morgan fingerprint density at radius 3 is 2.00 bits per heavy atom. The smallest absolute Gasteiger partial charge is 0.0708 e. The zero-order valence-corrected chi connectivity index (χ0v) is 21.1. The van der Waals surface area contributed by atoms with E-state index in [0.29, 0.717) is 0 Å². The van der Waals surface area contributed by atoms with Gasteiger partial charge in [0.2, 0.25) is 0 Å². The van der Waals surface area contributed by atoms with Gasteiger partial charge in [0.05, 0.1) is 17.1 Å². The van der Waals surface area contributed by atoms with Crippen molar-refractivity contribution in [3.63, 3.8) is 0 Å². The molecule has 0 atom stereocenters. The lowest BCUT2D eigenvalue weighted by Crippen LogP contribution is -2.00. The normalized spacial score (nSPS) is 11.4. The van der Waals surface area contributed by atoms with E-state index >= 15 is 0 Å². The summed E-state index contributed by atoms with van der Waals surface area (Å²) in [5.74, 6) is 0. The Morgan fingerprint density at radius 1 is 0.611 bits per heavy atom. The molecule has 0 saturated heterocycles. The van der Waals surface area contributed by atoms with Gasteiger partial charge in [0.15, 0.2) is 0 Å². The molecule has 1 heterocycles. The van der Waals surface area contributed by atoms with Crippen LogP contribution in [0.4, 0.5) is 5.69 Å². The number of aliphatic imine (C=N–C) groups is 1. The van der Waals surface area contributed by atoms with Crippen LogP contribution in [0.2, 0.25) is 0 Å². The number of nitrogens with zero attached hydrogens (tertiary/aromatic N) is 2. The second-order valence-corrected chi connectivity index (χ2v) is 9.55. The van der Waals surface area contributed by atoms with E-state index in [2.05, 4.69) is 154 Å². The van der Waals surface area contributed by atoms with E-state index in [1.165, 1.54) is 5.39 Å². The Bertz CT molecular complexity index is 1660. The van der Waals surface area contributed by atoms with Crippen LogP contribution in [0.5, 0.6) is 0 Å². The molecule has 172 valence electrons. The first-order valence-corrected chi connectivity index (χ1v) is 12.7. The molecule has 1 aromatic heterocycles. The number of hydrogen-bond acceptors (Lipinski definition) is 1. The average molecular weight is 527 g/mol. The third kappa shape index (κ3) is 4.30. The molecule has 0 saturated carbocycles. The van der Waals surface area contributed by atoms with E-state index in [1.807, 2.05) is 6.21 Å². The van der Waals surface area contributed by atoms with Gasteiger partial charge in [-0.05, 0) is 52.9 Å². The van der Waals surface area contributed by atoms with Crippen molar-refractivity contribution in [1.82, 2.24) is 4.57 Å². The van der Waals surface area contributed by atoms with Gasteiger partial charge in [0.25, 0.3) is 0 Å². The fourth-order valence-corrected chi connectivity index (χ4v) is 4.92. The van der Waals surface area contributed by atoms with Gasteiger partial charge in [-0.2, -0.15) is 0 Å². The van der Waals surface area contributed by atoms with Gasteiger partial charge in [-0.25, -0.2) is 0 Å². The lowest BCUT2D eigenvalue weighted by Gasteiger charge is -2.15. The van der Waals surface area contributed by atoms with Crippen molar-refractivity contribution in [3.05, 3.63) is 143 Å². The summed E-state index contributed by atoms with van der Waals surface area (Å²) in [6.07, 6.45) is 2.01. The SMILES string of the molecule is Brc1ccc(-n2c(-c3ccccc3)cc(C=Nc3cccc4ccccc34)c2-c2ccccc2)cc1. The van der Waals surface area contributed by atoms with Crippen LogP contribution >= 0.6 is 15.9 Å². The van der Waals surface area contributed by atoms with Crippen molar-refractivity contribution in [3.8, 4) is 28.2 Å². The van der Waals surface area contributed by atoms with Crippen molar-refractivity contribution in [2.24, 2.45) is 4.99 Å². The molecule has 0 spiro atoms. The van der Waals surface area contributed by atoms with E-state index in [1.54, 1.807) is 0 Å². The third-order valence-electron chi connectivity index (χ3n) is 6.34. The molecule has 0 fully saturated rings. The minimum absolute atomic E-state index is 0.963. The third-order valence-corrected chi connectivity index (χ3v) is 6.87. The van der Waals surface area contributed by atoms with Crippen molar-refractivity contribution in [1.29, 1.82) is 0 Å². The number of aromatic nitrogens is 1. The zero-order chi connectivity index (χ0) is 24.3. The van der Waals surface area contributed by atoms with Gasteiger partial charge >= 0.3 is 0 Å². The molecular formula is C33H23BrN2. The molecule has 2 nitrogen and oxygen atoms in total. The van der Waals surface area contributed by atoms with Crippen LogP contribution < -0.4 is 0 Å². The number of rotatable bonds is 5. The molecule has 6 aromatic rings. The Kier molecular flexibility index (Phi) is 6.06. The van der Waals surface area contributed by atoms with Crippen LogP contribution in [0.3, 0.4) is 0 Å². The molecule has 0 radical (unpaired) electrons. The average Bonchev–Trinajstić information content (AvgIpc) is 3.33. The van der Waals surface area contributed by atoms with E-state index in [0.717, 1.165) is 49.3 Å². The highest BCUT2D eigenvalue weighted by molar-refractivity contribution is 9.10. The molecule has 6 rings (SSSR count). The van der Waals surface area contributed by atoms with Gasteiger partial charge in [0.1, 0.15) is 0 Å². The Balaban J connectivity index is 1.61. The van der Waals surface area contributed by atoms with Crippen molar-refractivity contribution in [2.75, 3.05) is 0 Å². The van der Waals surface area contributed by atoms with E-state index in [4.69, 9.17) is 4.99 Å². The van der Waals surface area contributed by atoms with Crippen LogP contribution in [0.15, 0.2) is 143 Å². The van der Waals surface area contributed by atoms with E-state index in [9.17, 15) is 0 Å². The standard InChI is InChI=1S/C33H23BrN2/c34-28-18-20-29(21-19-28)36-32(25-11-3-1-4-12-25)22-27(33(36)26-13-5-2-6-14-26)23-35-31-17-9-15-24-10-7-8-16-30(24)31/h1-23H. The maximum absolute atomic E-state index is 5.00. The lowest BCUT2D eigenvalue weighted by molar-refractivity contribution is 1.09. The summed E-state index contributed by atoms with van der Waals surface area (Å²) < 4.78 is 3.39. The van der Waals surface area contributed by atoms with Crippen LogP contribution in [-0.2, 0) is 0 Å². The lowest BCUT2D eigenvalue weighted by atomic mass is 10.1. The van der Waals surface area contributed by atoms with Gasteiger partial charge in [-0.3, -0.25) is 4.99 Å². The van der Waals surface area contributed by atoms with Crippen molar-refractivity contribution >= 4 is 38.6 Å². The highest BCUT2D eigenvalue weighted by atomic mass is 79.9. The fraction of sp³-hybridized carbons (Fsp3) is 0. The molecule has 36 heavy (non-hydrogen) atoms. The summed E-state index contributed by atoms with van der Waals surface area (Å²) in [5, 5.41) is 2.33. The van der Waals surface area contributed by atoms with Crippen molar-refractivity contribution < 1.29 is 0 Å². The highest BCUT2D eigenvalue weighted by Gasteiger charge is 2.18. The van der Waals surface area contributed by atoms with Gasteiger partial charge in [-0.1, -0.05) is 113 Å². The summed E-state index contributed by atoms with van der Waals surface area (Å²) in [6.45, 7) is 0. The van der Waals surface area contributed by atoms with Crippen LogP contribution in [0.25, 0.3) is 39.0 Å². The molecule has 0 amide bonds. The minimum atomic E-state index is 0.963. The first kappa shape index (κ1) is 22.3. The van der Waals surface area contributed by atoms with E-state index < -0.39 is 0 Å². The fourth-order valence-electron chi connectivity index (χ4n) is 4.66. The summed E-state index contributed by atoms with van der Waals surface area (Å²) in [6, 6.07) is 46.4. The summed E-state index contributed by atoms with van der Waals surface area (Å²) in [7, 11) is 0. The molecule has 0 aliphatic heterocycles. The van der Waals surface area contributed by atoms with E-state index in [-0.39, 0.29) is 0 Å². The molecular weight excluding hydrogens is 504 g/mol. The maximum Gasteiger partial charge on any atom is 0.0708 e. The Morgan fingerprint density at radius 2 is 1.25 bits per heavy atom. The Hall–Kier alpha value is -4.21. The molecule has 0 aliphatic carbocycles. The monoisotopic (exact) mass is 526 g/mol. The highest BCUT2D eigenvalue weighted by Crippen LogP contribution is 2.36. The van der Waals surface area contributed by atoms with Gasteiger partial charge in [-0.15, -0.1) is 0 Å². The van der Waals surface area contributed by atoms with Gasteiger partial charge in [0, 0.05) is 27.3 Å². The summed E-state index contributed by atoms with van der Waals surface area (Å²) >= 11 is 3.59. The molecule has 3 heteroatoms. The second-order valence-electron chi connectivity index (χ2n) is 8.63. The quantitative estimate of drug-likeness (QED) is 0.199. The molecule has 5 aromatic carbocycles. The molecule has 0 aliphatic rings. The zero-order valence-electron chi connectivity index (χ0n) is 19.6. The maximum atomic E-state index is 5.00. The van der Waals surface area contributed by atoms with Crippen LogP contribution in [-0.4, -0.2) is 10.8 Å². The summed E-state index contributed by atoms with van der Waals surface area (Å²) in [4.78, 5) is 5.00. The molecule has 0 bridgehead atoms.